The molecule has 1 aromatic carbocycles. The van der Waals surface area contributed by atoms with Crippen molar-refractivity contribution < 1.29 is 0 Å². The zero-order valence-electron chi connectivity index (χ0n) is 13.4. The van der Waals surface area contributed by atoms with E-state index >= 15 is 0 Å². The van der Waals surface area contributed by atoms with Gasteiger partial charge in [-0.25, -0.2) is 4.98 Å². The van der Waals surface area contributed by atoms with E-state index in [9.17, 15) is 0 Å². The zero-order valence-corrected chi connectivity index (χ0v) is 18.2. The van der Waals surface area contributed by atoms with Crippen molar-refractivity contribution in [1.82, 2.24) is 9.55 Å². The van der Waals surface area contributed by atoms with Crippen molar-refractivity contribution in [3.63, 3.8) is 0 Å². The van der Waals surface area contributed by atoms with Gasteiger partial charge in [0.05, 0.1) is 9.99 Å². The molecule has 0 unspecified atom stereocenters. The first-order chi connectivity index (χ1) is 11.0. The minimum atomic E-state index is 0.950. The largest absolute Gasteiger partial charge is 0.342 e. The van der Waals surface area contributed by atoms with Crippen molar-refractivity contribution in [2.45, 2.75) is 39.7 Å². The lowest BCUT2D eigenvalue weighted by atomic mass is 10.0. The highest BCUT2D eigenvalue weighted by Gasteiger charge is 2.26. The van der Waals surface area contributed by atoms with E-state index in [-0.39, 0.29) is 0 Å². The molecule has 2 heterocycles. The summed E-state index contributed by atoms with van der Waals surface area (Å²) in [6, 6.07) is 0. The van der Waals surface area contributed by atoms with Gasteiger partial charge < -0.3 is 9.47 Å². The van der Waals surface area contributed by atoms with Crippen molar-refractivity contribution >= 4 is 64.8 Å². The van der Waals surface area contributed by atoms with Gasteiger partial charge in [-0.3, -0.25) is 0 Å². The number of anilines is 1. The highest BCUT2D eigenvalue weighted by atomic mass is 79.9. The third kappa shape index (κ3) is 3.02. The van der Waals surface area contributed by atoms with E-state index in [1.807, 2.05) is 0 Å². The van der Waals surface area contributed by atoms with Gasteiger partial charge in [0, 0.05) is 28.6 Å². The monoisotopic (exact) mass is 503 g/mol. The Kier molecular flexibility index (Phi) is 5.24. The van der Waals surface area contributed by atoms with Crippen LogP contribution in [0.2, 0.25) is 0 Å². The molecule has 0 saturated heterocycles. The Balaban J connectivity index is 2.18. The maximum absolute atomic E-state index is 5.00. The molecule has 1 aliphatic heterocycles. The lowest BCUT2D eigenvalue weighted by molar-refractivity contribution is 0.614. The Hall–Kier alpha value is -0.330. The maximum atomic E-state index is 5.00. The zero-order chi connectivity index (χ0) is 16.7. The van der Waals surface area contributed by atoms with Gasteiger partial charge >= 0.3 is 0 Å². The fraction of sp³-hybridized carbons (Fsp3) is 0.471. The van der Waals surface area contributed by atoms with Gasteiger partial charge in [0.25, 0.3) is 0 Å². The number of nitrogens with zero attached hydrogens (tertiary/aromatic N) is 3. The Morgan fingerprint density at radius 1 is 1.26 bits per heavy atom. The summed E-state index contributed by atoms with van der Waals surface area (Å²) >= 11 is 11.2. The molecule has 1 aliphatic rings. The van der Waals surface area contributed by atoms with Crippen LogP contribution in [0.5, 0.6) is 0 Å². The van der Waals surface area contributed by atoms with Crippen LogP contribution in [0.3, 0.4) is 0 Å². The first kappa shape index (κ1) is 17.5. The minimum Gasteiger partial charge on any atom is -0.342 e. The molecule has 3 rings (SSSR count). The molecule has 0 fully saturated rings. The molecule has 0 N–H and O–H groups in total. The van der Waals surface area contributed by atoms with Gasteiger partial charge in [-0.2, -0.15) is 0 Å². The van der Waals surface area contributed by atoms with Crippen LogP contribution < -0.4 is 4.90 Å². The normalized spacial score (nSPS) is 13.6. The van der Waals surface area contributed by atoms with Gasteiger partial charge in [-0.1, -0.05) is 5.57 Å². The smallest absolute Gasteiger partial charge is 0.206 e. The van der Waals surface area contributed by atoms with Gasteiger partial charge in [0.1, 0.15) is 5.52 Å². The van der Waals surface area contributed by atoms with Gasteiger partial charge in [0.2, 0.25) is 5.95 Å². The predicted octanol–water partition coefficient (Wildman–Crippen LogP) is 6.06. The molecule has 0 bridgehead atoms. The molecule has 6 heteroatoms. The molecule has 0 spiro atoms. The molecule has 23 heavy (non-hydrogen) atoms. The number of rotatable bonds is 5. The van der Waals surface area contributed by atoms with Gasteiger partial charge in [-0.15, -0.1) is 6.58 Å². The standard InChI is InChI=1S/C17H20Br3N3/c1-4-22(9-7-10(2)3)17-21-15-14(20)13(19)12(18)11-6-5-8-23(17)16(11)15/h2,4-9H2,1,3H3. The lowest BCUT2D eigenvalue weighted by Crippen LogP contribution is -2.28. The first-order valence-electron chi connectivity index (χ1n) is 7.90. The summed E-state index contributed by atoms with van der Waals surface area (Å²) < 4.78 is 5.62. The van der Waals surface area contributed by atoms with Crippen molar-refractivity contribution in [3.05, 3.63) is 31.1 Å². The van der Waals surface area contributed by atoms with Gasteiger partial charge in [-0.05, 0) is 86.5 Å². The Morgan fingerprint density at radius 3 is 2.65 bits per heavy atom. The second kappa shape index (κ2) is 6.89. The Bertz CT molecular complexity index is 779. The number of aromatic nitrogens is 2. The van der Waals surface area contributed by atoms with Crippen LogP contribution in [0, 0.1) is 0 Å². The molecule has 0 atom stereocenters. The average molecular weight is 506 g/mol. The molecule has 124 valence electrons. The summed E-state index contributed by atoms with van der Waals surface area (Å²) in [5.41, 5.74) is 4.89. The van der Waals surface area contributed by atoms with E-state index < -0.39 is 0 Å². The Labute approximate surface area is 162 Å². The Morgan fingerprint density at radius 2 is 2.00 bits per heavy atom. The fourth-order valence-electron chi connectivity index (χ4n) is 3.16. The summed E-state index contributed by atoms with van der Waals surface area (Å²) in [6.45, 7) is 11.2. The van der Waals surface area contributed by atoms with Crippen molar-refractivity contribution in [2.75, 3.05) is 18.0 Å². The van der Waals surface area contributed by atoms with E-state index in [4.69, 9.17) is 4.98 Å². The predicted molar refractivity (Wildman–Crippen MR) is 108 cm³/mol. The number of hydrogen-bond acceptors (Lipinski definition) is 2. The van der Waals surface area contributed by atoms with Crippen LogP contribution in [-0.4, -0.2) is 22.6 Å². The van der Waals surface area contributed by atoms with E-state index in [2.05, 4.69) is 77.7 Å². The SMILES string of the molecule is C=C(C)CCN(CC)c1nc2c(Br)c(Br)c(Br)c3c2n1CCC3. The number of aryl methyl sites for hydroxylation is 2. The molecule has 2 aromatic rings. The summed E-state index contributed by atoms with van der Waals surface area (Å²) in [4.78, 5) is 7.36. The van der Waals surface area contributed by atoms with Crippen LogP contribution in [0.15, 0.2) is 25.6 Å². The molecule has 0 amide bonds. The molecule has 0 aliphatic carbocycles. The molecule has 0 saturated carbocycles. The second-order valence-electron chi connectivity index (χ2n) is 6.07. The topological polar surface area (TPSA) is 21.1 Å². The van der Waals surface area contributed by atoms with Crippen molar-refractivity contribution in [1.29, 1.82) is 0 Å². The minimum absolute atomic E-state index is 0.950. The number of benzene rings is 1. The highest BCUT2D eigenvalue weighted by molar-refractivity contribution is 9.14. The van der Waals surface area contributed by atoms with Crippen LogP contribution >= 0.6 is 47.8 Å². The summed E-state index contributed by atoms with van der Waals surface area (Å²) in [6.07, 6.45) is 3.24. The summed E-state index contributed by atoms with van der Waals surface area (Å²) in [7, 11) is 0. The third-order valence-corrected chi connectivity index (χ3v) is 7.88. The quantitative estimate of drug-likeness (QED) is 0.363. The van der Waals surface area contributed by atoms with Crippen LogP contribution in [0.1, 0.15) is 32.3 Å². The molecule has 0 radical (unpaired) electrons. The van der Waals surface area contributed by atoms with Crippen LogP contribution in [0.4, 0.5) is 5.95 Å². The second-order valence-corrected chi connectivity index (χ2v) is 8.45. The molecule has 3 nitrogen and oxygen atoms in total. The third-order valence-electron chi connectivity index (χ3n) is 4.37. The summed E-state index contributed by atoms with van der Waals surface area (Å²) in [5.74, 6) is 1.08. The number of imidazole rings is 1. The number of hydrogen-bond donors (Lipinski definition) is 0. The average Bonchev–Trinajstić information content (AvgIpc) is 2.92. The summed E-state index contributed by atoms with van der Waals surface area (Å²) in [5, 5.41) is 0. The van der Waals surface area contributed by atoms with Crippen LogP contribution in [-0.2, 0) is 13.0 Å². The number of halogens is 3. The first-order valence-corrected chi connectivity index (χ1v) is 10.3. The molecular weight excluding hydrogens is 486 g/mol. The van der Waals surface area contributed by atoms with Crippen molar-refractivity contribution in [3.8, 4) is 0 Å². The van der Waals surface area contributed by atoms with Gasteiger partial charge in [0.15, 0.2) is 0 Å². The van der Waals surface area contributed by atoms with E-state index in [0.717, 1.165) is 63.8 Å². The highest BCUT2D eigenvalue weighted by Crippen LogP contribution is 2.44. The van der Waals surface area contributed by atoms with E-state index in [1.165, 1.54) is 16.7 Å². The molecule has 1 aromatic heterocycles. The van der Waals surface area contributed by atoms with Crippen LogP contribution in [0.25, 0.3) is 11.0 Å². The molecular formula is C17H20Br3N3. The van der Waals surface area contributed by atoms with Crippen molar-refractivity contribution in [2.24, 2.45) is 0 Å². The maximum Gasteiger partial charge on any atom is 0.206 e. The fourth-order valence-corrected chi connectivity index (χ4v) is 4.91. The lowest BCUT2D eigenvalue weighted by Gasteiger charge is -2.25. The van der Waals surface area contributed by atoms with E-state index in [1.54, 1.807) is 0 Å². The van der Waals surface area contributed by atoms with E-state index in [0.29, 0.717) is 0 Å².